The molecule has 2 rings (SSSR count). The molecule has 6 heteroatoms. The average molecular weight is 376 g/mol. The molecule has 26 heavy (non-hydrogen) atoms. The number of rotatable bonds is 5. The maximum atomic E-state index is 11.9. The summed E-state index contributed by atoms with van der Waals surface area (Å²) >= 11 is 5.91. The largest absolute Gasteiger partial charge is 0.480 e. The van der Waals surface area contributed by atoms with Gasteiger partial charge in [-0.15, -0.1) is 0 Å². The van der Waals surface area contributed by atoms with E-state index >= 15 is 0 Å². The number of nitrogens with one attached hydrogen (secondary N) is 1. The van der Waals surface area contributed by atoms with Crippen LogP contribution in [0.4, 0.5) is 4.79 Å². The van der Waals surface area contributed by atoms with Crippen molar-refractivity contribution in [1.29, 1.82) is 0 Å². The third-order valence-electron chi connectivity index (χ3n) is 3.53. The van der Waals surface area contributed by atoms with Gasteiger partial charge >= 0.3 is 12.1 Å². The Bertz CT molecular complexity index is 781. The van der Waals surface area contributed by atoms with E-state index in [1.165, 1.54) is 0 Å². The first-order chi connectivity index (χ1) is 12.1. The Labute approximate surface area is 157 Å². The first kappa shape index (κ1) is 19.8. The van der Waals surface area contributed by atoms with Gasteiger partial charge in [-0.05, 0) is 49.6 Å². The molecular formula is C20H22ClNO4. The molecule has 0 heterocycles. The molecule has 0 aliphatic carbocycles. The predicted molar refractivity (Wildman–Crippen MR) is 101 cm³/mol. The fraction of sp³-hybridized carbons (Fsp3) is 0.300. The molecule has 0 saturated heterocycles. The van der Waals surface area contributed by atoms with Crippen LogP contribution >= 0.6 is 11.6 Å². The summed E-state index contributed by atoms with van der Waals surface area (Å²) in [5.41, 5.74) is 2.02. The highest BCUT2D eigenvalue weighted by Crippen LogP contribution is 2.23. The Kier molecular flexibility index (Phi) is 6.27. The quantitative estimate of drug-likeness (QED) is 0.805. The van der Waals surface area contributed by atoms with Crippen LogP contribution in [-0.2, 0) is 16.0 Å². The number of hydrogen-bond acceptors (Lipinski definition) is 3. The second-order valence-corrected chi connectivity index (χ2v) is 7.38. The van der Waals surface area contributed by atoms with E-state index in [1.54, 1.807) is 32.9 Å². The fourth-order valence-electron chi connectivity index (χ4n) is 2.41. The van der Waals surface area contributed by atoms with Gasteiger partial charge in [-0.2, -0.15) is 0 Å². The van der Waals surface area contributed by atoms with Gasteiger partial charge in [0.2, 0.25) is 0 Å². The Hall–Kier alpha value is -2.53. The lowest BCUT2D eigenvalue weighted by molar-refractivity contribution is -0.139. The molecule has 2 N–H and O–H groups in total. The van der Waals surface area contributed by atoms with Gasteiger partial charge in [0, 0.05) is 11.4 Å². The Morgan fingerprint density at radius 1 is 1.12 bits per heavy atom. The number of alkyl carbamates (subject to hydrolysis) is 1. The molecule has 0 fully saturated rings. The zero-order valence-corrected chi connectivity index (χ0v) is 15.7. The number of carbonyl (C=O) groups is 2. The molecule has 1 unspecified atom stereocenters. The molecule has 2 aromatic rings. The smallest absolute Gasteiger partial charge is 0.408 e. The first-order valence-corrected chi connectivity index (χ1v) is 8.59. The van der Waals surface area contributed by atoms with E-state index in [0.29, 0.717) is 5.02 Å². The van der Waals surface area contributed by atoms with E-state index in [2.05, 4.69) is 5.32 Å². The number of amides is 1. The van der Waals surface area contributed by atoms with Crippen LogP contribution in [0.3, 0.4) is 0 Å². The lowest BCUT2D eigenvalue weighted by atomic mass is 9.99. The molecule has 1 atom stereocenters. The number of carboxylic acid groups (broad SMARTS) is 1. The van der Waals surface area contributed by atoms with Gasteiger partial charge in [0.05, 0.1) is 0 Å². The molecule has 2 aromatic carbocycles. The van der Waals surface area contributed by atoms with Gasteiger partial charge in [0.1, 0.15) is 11.6 Å². The molecule has 0 aliphatic heterocycles. The maximum absolute atomic E-state index is 11.9. The molecule has 0 aromatic heterocycles. The third kappa shape index (κ3) is 6.08. The number of hydrogen-bond donors (Lipinski definition) is 2. The lowest BCUT2D eigenvalue weighted by Crippen LogP contribution is -2.44. The summed E-state index contributed by atoms with van der Waals surface area (Å²) in [7, 11) is 0. The van der Waals surface area contributed by atoms with Gasteiger partial charge in [-0.1, -0.05) is 48.0 Å². The minimum Gasteiger partial charge on any atom is -0.480 e. The van der Waals surface area contributed by atoms with Crippen LogP contribution in [0, 0.1) is 0 Å². The Morgan fingerprint density at radius 3 is 2.35 bits per heavy atom. The molecule has 0 radical (unpaired) electrons. The second kappa shape index (κ2) is 8.23. The summed E-state index contributed by atoms with van der Waals surface area (Å²) in [6.07, 6.45) is -0.602. The molecule has 5 nitrogen and oxygen atoms in total. The summed E-state index contributed by atoms with van der Waals surface area (Å²) < 4.78 is 5.13. The number of aliphatic carboxylic acids is 1. The van der Waals surface area contributed by atoms with E-state index in [0.717, 1.165) is 16.7 Å². The lowest BCUT2D eigenvalue weighted by Gasteiger charge is -2.22. The van der Waals surface area contributed by atoms with Crippen LogP contribution in [0.5, 0.6) is 0 Å². The van der Waals surface area contributed by atoms with E-state index in [-0.39, 0.29) is 6.42 Å². The monoisotopic (exact) mass is 375 g/mol. The zero-order valence-electron chi connectivity index (χ0n) is 15.0. The standard InChI is InChI=1S/C20H22ClNO4/c1-20(2,3)26-19(25)22-17(18(23)24)12-13-5-4-6-15(11-13)14-7-9-16(21)10-8-14/h4-11,17H,12H2,1-3H3,(H,22,25)(H,23,24). The topological polar surface area (TPSA) is 75.6 Å². The van der Waals surface area contributed by atoms with Crippen LogP contribution in [0.2, 0.25) is 5.02 Å². The second-order valence-electron chi connectivity index (χ2n) is 6.95. The van der Waals surface area contributed by atoms with Crippen molar-refractivity contribution in [2.24, 2.45) is 0 Å². The minimum atomic E-state index is -1.12. The van der Waals surface area contributed by atoms with E-state index < -0.39 is 23.7 Å². The SMILES string of the molecule is CC(C)(C)OC(=O)NC(Cc1cccc(-c2ccc(Cl)cc2)c1)C(=O)O. The van der Waals surface area contributed by atoms with Crippen molar-refractivity contribution in [3.63, 3.8) is 0 Å². The van der Waals surface area contributed by atoms with Crippen molar-refractivity contribution in [1.82, 2.24) is 5.32 Å². The molecule has 0 bridgehead atoms. The maximum Gasteiger partial charge on any atom is 0.408 e. The van der Waals surface area contributed by atoms with Crippen LogP contribution < -0.4 is 5.32 Å². The van der Waals surface area contributed by atoms with Crippen molar-refractivity contribution >= 4 is 23.7 Å². The van der Waals surface area contributed by atoms with Crippen molar-refractivity contribution in [3.8, 4) is 11.1 Å². The van der Waals surface area contributed by atoms with Crippen LogP contribution in [0.15, 0.2) is 48.5 Å². The summed E-state index contributed by atoms with van der Waals surface area (Å²) in [6, 6.07) is 13.8. The number of halogens is 1. The summed E-state index contributed by atoms with van der Waals surface area (Å²) in [5.74, 6) is -1.12. The molecule has 0 spiro atoms. The highest BCUT2D eigenvalue weighted by Gasteiger charge is 2.24. The van der Waals surface area contributed by atoms with E-state index in [9.17, 15) is 14.7 Å². The molecular weight excluding hydrogens is 354 g/mol. The Balaban J connectivity index is 2.14. The van der Waals surface area contributed by atoms with Crippen LogP contribution in [0.25, 0.3) is 11.1 Å². The van der Waals surface area contributed by atoms with Crippen LogP contribution in [-0.4, -0.2) is 28.8 Å². The van der Waals surface area contributed by atoms with Crippen molar-refractivity contribution in [2.45, 2.75) is 38.8 Å². The summed E-state index contributed by atoms with van der Waals surface area (Å²) in [5, 5.41) is 12.5. The minimum absolute atomic E-state index is 0.149. The molecule has 138 valence electrons. The third-order valence-corrected chi connectivity index (χ3v) is 3.79. The van der Waals surface area contributed by atoms with E-state index in [4.69, 9.17) is 16.3 Å². The number of carboxylic acids is 1. The highest BCUT2D eigenvalue weighted by atomic mass is 35.5. The Morgan fingerprint density at radius 2 is 1.77 bits per heavy atom. The number of carbonyl (C=O) groups excluding carboxylic acids is 1. The normalized spacial score (nSPS) is 12.3. The first-order valence-electron chi connectivity index (χ1n) is 8.21. The van der Waals surface area contributed by atoms with Gasteiger partial charge < -0.3 is 15.2 Å². The molecule has 0 aliphatic rings. The van der Waals surface area contributed by atoms with Crippen molar-refractivity contribution < 1.29 is 19.4 Å². The summed E-state index contributed by atoms with van der Waals surface area (Å²) in [6.45, 7) is 5.16. The molecule has 0 saturated carbocycles. The van der Waals surface area contributed by atoms with Gasteiger partial charge in [0.25, 0.3) is 0 Å². The van der Waals surface area contributed by atoms with Gasteiger partial charge in [-0.25, -0.2) is 9.59 Å². The van der Waals surface area contributed by atoms with Crippen molar-refractivity contribution in [2.75, 3.05) is 0 Å². The zero-order chi connectivity index (χ0) is 19.3. The summed E-state index contributed by atoms with van der Waals surface area (Å²) in [4.78, 5) is 23.4. The number of benzene rings is 2. The molecule has 1 amide bonds. The van der Waals surface area contributed by atoms with Crippen LogP contribution in [0.1, 0.15) is 26.3 Å². The van der Waals surface area contributed by atoms with Gasteiger partial charge in [-0.3, -0.25) is 0 Å². The van der Waals surface area contributed by atoms with E-state index in [1.807, 2.05) is 36.4 Å². The highest BCUT2D eigenvalue weighted by molar-refractivity contribution is 6.30. The fourth-order valence-corrected chi connectivity index (χ4v) is 2.53. The average Bonchev–Trinajstić information content (AvgIpc) is 2.53. The predicted octanol–water partition coefficient (Wildman–Crippen LogP) is 4.53. The van der Waals surface area contributed by atoms with Crippen molar-refractivity contribution in [3.05, 3.63) is 59.1 Å². The van der Waals surface area contributed by atoms with Gasteiger partial charge in [0.15, 0.2) is 0 Å². The number of ether oxygens (including phenoxy) is 1.